The number of carbonyl (C=O) groups excluding carboxylic acids is 3. The van der Waals surface area contributed by atoms with Gasteiger partial charge in [0.05, 0.1) is 30.5 Å². The lowest BCUT2D eigenvalue weighted by Crippen LogP contribution is -2.47. The van der Waals surface area contributed by atoms with Crippen molar-refractivity contribution in [2.24, 2.45) is 0 Å². The molecular formula is C24H28FN5O7. The third-order valence-corrected chi connectivity index (χ3v) is 6.53. The summed E-state index contributed by atoms with van der Waals surface area (Å²) in [4.78, 5) is 51.2. The molecule has 198 valence electrons. The van der Waals surface area contributed by atoms with E-state index >= 15 is 4.39 Å². The molecule has 0 unspecified atom stereocenters. The van der Waals surface area contributed by atoms with E-state index in [4.69, 9.17) is 9.15 Å². The molecular weight excluding hydrogens is 489 g/mol. The molecule has 1 aromatic carbocycles. The maximum absolute atomic E-state index is 15.1. The lowest BCUT2D eigenvalue weighted by Gasteiger charge is -2.39. The van der Waals surface area contributed by atoms with Crippen molar-refractivity contribution in [3.8, 4) is 0 Å². The highest BCUT2D eigenvalue weighted by atomic mass is 19.1. The second-order valence-electron chi connectivity index (χ2n) is 8.89. The second-order valence-corrected chi connectivity index (χ2v) is 8.89. The Morgan fingerprint density at radius 3 is 2.57 bits per heavy atom. The van der Waals surface area contributed by atoms with Crippen LogP contribution in [-0.2, 0) is 9.53 Å². The molecule has 2 saturated heterocycles. The van der Waals surface area contributed by atoms with Gasteiger partial charge in [0.1, 0.15) is 16.8 Å². The van der Waals surface area contributed by atoms with Gasteiger partial charge in [-0.2, -0.15) is 0 Å². The Kier molecular flexibility index (Phi) is 7.60. The number of nitrogens with one attached hydrogen (secondary N) is 1. The van der Waals surface area contributed by atoms with Crippen LogP contribution >= 0.6 is 0 Å². The summed E-state index contributed by atoms with van der Waals surface area (Å²) < 4.78 is 25.4. The largest absolute Gasteiger partial charge is 0.442 e. The highest BCUT2D eigenvalue weighted by Gasteiger charge is 2.34. The van der Waals surface area contributed by atoms with E-state index in [1.165, 1.54) is 24.0 Å². The van der Waals surface area contributed by atoms with Gasteiger partial charge in [0, 0.05) is 32.6 Å². The Labute approximate surface area is 212 Å². The molecule has 0 bridgehead atoms. The van der Waals surface area contributed by atoms with Crippen LogP contribution in [0.5, 0.6) is 0 Å². The molecule has 0 aliphatic carbocycles. The topological polar surface area (TPSA) is 138 Å². The van der Waals surface area contributed by atoms with Crippen LogP contribution in [0.25, 0.3) is 0 Å². The number of carbonyl (C=O) groups is 3. The molecule has 3 amide bonds. The molecule has 37 heavy (non-hydrogen) atoms. The quantitative estimate of drug-likeness (QED) is 0.417. The Bertz CT molecular complexity index is 1190. The summed E-state index contributed by atoms with van der Waals surface area (Å²) in [5.41, 5.74) is 0.752. The highest BCUT2D eigenvalue weighted by molar-refractivity contribution is 5.92. The molecule has 4 rings (SSSR count). The number of cyclic esters (lactones) is 1. The fourth-order valence-corrected chi connectivity index (χ4v) is 4.68. The highest BCUT2D eigenvalue weighted by Crippen LogP contribution is 2.31. The van der Waals surface area contributed by atoms with Crippen LogP contribution < -0.4 is 15.1 Å². The van der Waals surface area contributed by atoms with E-state index in [1.807, 2.05) is 11.8 Å². The Hall–Kier alpha value is -4.16. The van der Waals surface area contributed by atoms with Gasteiger partial charge in [-0.25, -0.2) is 9.18 Å². The zero-order chi connectivity index (χ0) is 26.7. The van der Waals surface area contributed by atoms with E-state index in [2.05, 4.69) is 5.32 Å². The maximum Gasteiger partial charge on any atom is 0.433 e. The number of ether oxygens (including phenoxy) is 1. The van der Waals surface area contributed by atoms with E-state index in [0.717, 1.165) is 6.07 Å². The van der Waals surface area contributed by atoms with Gasteiger partial charge in [-0.3, -0.25) is 24.6 Å². The van der Waals surface area contributed by atoms with Crippen molar-refractivity contribution in [3.05, 3.63) is 52.0 Å². The summed E-state index contributed by atoms with van der Waals surface area (Å²) in [6, 6.07) is 6.88. The smallest absolute Gasteiger partial charge is 0.433 e. The number of nitrogens with zero attached hydrogens (tertiary/aromatic N) is 4. The molecule has 0 radical (unpaired) electrons. The van der Waals surface area contributed by atoms with Gasteiger partial charge in [0.15, 0.2) is 5.76 Å². The van der Waals surface area contributed by atoms with Crippen LogP contribution in [0.15, 0.2) is 34.7 Å². The minimum absolute atomic E-state index is 0.0858. The summed E-state index contributed by atoms with van der Waals surface area (Å²) in [6.45, 7) is 4.96. The number of piperidine rings is 1. The summed E-state index contributed by atoms with van der Waals surface area (Å²) in [5.74, 6) is -1.71. The molecule has 12 nitrogen and oxygen atoms in total. The van der Waals surface area contributed by atoms with Gasteiger partial charge in [-0.15, -0.1) is 0 Å². The van der Waals surface area contributed by atoms with Gasteiger partial charge in [0.25, 0.3) is 5.91 Å². The lowest BCUT2D eigenvalue weighted by atomic mass is 10.0. The number of anilines is 2. The van der Waals surface area contributed by atoms with Crippen LogP contribution in [0.1, 0.15) is 37.2 Å². The standard InChI is InChI=1S/C24H28FN5O7/c1-3-28(23(32)21-6-7-22(37-21)30(34)35)16-8-10-27(11-9-16)20-5-4-17(12-19(20)25)29-14-18(36-24(29)33)13-26-15(2)31/h4-7,12,16,18H,3,8-11,13-14H2,1-2H3,(H,26,31)/t18-/m0/s1. The van der Waals surface area contributed by atoms with Crippen molar-refractivity contribution in [2.75, 3.05) is 42.5 Å². The Morgan fingerprint density at radius 2 is 1.97 bits per heavy atom. The Morgan fingerprint density at radius 1 is 1.24 bits per heavy atom. The van der Waals surface area contributed by atoms with Gasteiger partial charge in [-0.1, -0.05) is 0 Å². The monoisotopic (exact) mass is 517 g/mol. The lowest BCUT2D eigenvalue weighted by molar-refractivity contribution is -0.402. The Balaban J connectivity index is 1.37. The fourth-order valence-electron chi connectivity index (χ4n) is 4.68. The predicted octanol–water partition coefficient (Wildman–Crippen LogP) is 2.92. The minimum atomic E-state index is -0.692. The molecule has 0 saturated carbocycles. The number of nitro groups is 1. The van der Waals surface area contributed by atoms with Gasteiger partial charge < -0.3 is 24.3 Å². The van der Waals surface area contributed by atoms with E-state index in [0.29, 0.717) is 43.9 Å². The number of amides is 3. The number of hydrogen-bond acceptors (Lipinski definition) is 8. The number of hydrogen-bond donors (Lipinski definition) is 1. The number of halogens is 1. The van der Waals surface area contributed by atoms with Crippen LogP contribution in [0.4, 0.5) is 26.4 Å². The number of benzene rings is 1. The third kappa shape index (κ3) is 5.65. The van der Waals surface area contributed by atoms with Crippen molar-refractivity contribution in [1.82, 2.24) is 10.2 Å². The van der Waals surface area contributed by atoms with Gasteiger partial charge in [-0.05, 0) is 44.0 Å². The van der Waals surface area contributed by atoms with Crippen LogP contribution in [-0.4, -0.2) is 72.6 Å². The second kappa shape index (κ2) is 10.8. The zero-order valence-corrected chi connectivity index (χ0v) is 20.5. The zero-order valence-electron chi connectivity index (χ0n) is 20.5. The summed E-state index contributed by atoms with van der Waals surface area (Å²) in [7, 11) is 0. The molecule has 1 atom stereocenters. The molecule has 0 spiro atoms. The molecule has 2 aliphatic heterocycles. The minimum Gasteiger partial charge on any atom is -0.442 e. The van der Waals surface area contributed by atoms with Crippen LogP contribution in [0.2, 0.25) is 0 Å². The molecule has 13 heteroatoms. The molecule has 2 fully saturated rings. The summed E-state index contributed by atoms with van der Waals surface area (Å²) >= 11 is 0. The number of furan rings is 1. The van der Waals surface area contributed by atoms with Crippen molar-refractivity contribution < 1.29 is 32.9 Å². The normalized spacial score (nSPS) is 18.0. The first-order valence-electron chi connectivity index (χ1n) is 12.0. The van der Waals surface area contributed by atoms with Crippen molar-refractivity contribution in [1.29, 1.82) is 0 Å². The van der Waals surface area contributed by atoms with Gasteiger partial charge >= 0.3 is 12.0 Å². The summed E-state index contributed by atoms with van der Waals surface area (Å²) in [5, 5.41) is 13.5. The SMILES string of the molecule is CCN(C(=O)c1ccc([N+](=O)[O-])o1)C1CCN(c2ccc(N3C[C@H](CNC(C)=O)OC3=O)cc2F)CC1. The van der Waals surface area contributed by atoms with Crippen molar-refractivity contribution in [2.45, 2.75) is 38.8 Å². The molecule has 1 N–H and O–H groups in total. The molecule has 1 aromatic heterocycles. The third-order valence-electron chi connectivity index (χ3n) is 6.53. The number of rotatable bonds is 8. The molecule has 2 aromatic rings. The first kappa shape index (κ1) is 25.9. The maximum atomic E-state index is 15.1. The van der Waals surface area contributed by atoms with Crippen LogP contribution in [0, 0.1) is 15.9 Å². The summed E-state index contributed by atoms with van der Waals surface area (Å²) in [6.07, 6.45) is 0.0314. The average Bonchev–Trinajstić information content (AvgIpc) is 3.51. The van der Waals surface area contributed by atoms with Crippen molar-refractivity contribution >= 4 is 35.2 Å². The predicted molar refractivity (Wildman–Crippen MR) is 130 cm³/mol. The first-order chi connectivity index (χ1) is 17.7. The first-order valence-corrected chi connectivity index (χ1v) is 12.0. The van der Waals surface area contributed by atoms with Gasteiger partial charge in [0.2, 0.25) is 5.91 Å². The van der Waals surface area contributed by atoms with Crippen molar-refractivity contribution in [3.63, 3.8) is 0 Å². The van der Waals surface area contributed by atoms with E-state index in [9.17, 15) is 24.5 Å². The molecule has 3 heterocycles. The fraction of sp³-hybridized carbons (Fsp3) is 0.458. The van der Waals surface area contributed by atoms with E-state index in [-0.39, 0.29) is 30.8 Å². The molecule has 2 aliphatic rings. The average molecular weight is 518 g/mol. The van der Waals surface area contributed by atoms with E-state index < -0.39 is 34.7 Å². The van der Waals surface area contributed by atoms with Crippen LogP contribution in [0.3, 0.4) is 0 Å². The van der Waals surface area contributed by atoms with E-state index in [1.54, 1.807) is 17.0 Å².